The van der Waals surface area contributed by atoms with E-state index in [9.17, 15) is 0 Å². The summed E-state index contributed by atoms with van der Waals surface area (Å²) in [6.07, 6.45) is 0.884. The highest BCUT2D eigenvalue weighted by Gasteiger charge is 2.08. The van der Waals surface area contributed by atoms with Crippen LogP contribution in [0.3, 0.4) is 0 Å². The standard InChI is InChI=1S/C16H16N2.ClH/c1-2-6-13(7-3-1)10-16-17-11-14-8-4-5-9-15(14)12-18-16;/h1-9H,10-12H2,(H,17,18);1H. The van der Waals surface area contributed by atoms with Gasteiger partial charge >= 0.3 is 0 Å². The second-order valence-corrected chi connectivity index (χ2v) is 4.55. The molecule has 0 saturated carbocycles. The fraction of sp³-hybridized carbons (Fsp3) is 0.188. The molecule has 1 heterocycles. The van der Waals surface area contributed by atoms with Crippen LogP contribution in [0.15, 0.2) is 59.6 Å². The molecule has 0 aliphatic carbocycles. The van der Waals surface area contributed by atoms with Crippen molar-refractivity contribution in [1.82, 2.24) is 5.32 Å². The molecule has 0 atom stereocenters. The van der Waals surface area contributed by atoms with Gasteiger partial charge in [0.05, 0.1) is 6.54 Å². The molecular weight excluding hydrogens is 256 g/mol. The number of halogens is 1. The van der Waals surface area contributed by atoms with E-state index < -0.39 is 0 Å². The van der Waals surface area contributed by atoms with Crippen molar-refractivity contribution in [3.05, 3.63) is 71.3 Å². The van der Waals surface area contributed by atoms with Gasteiger partial charge in [-0.15, -0.1) is 12.4 Å². The summed E-state index contributed by atoms with van der Waals surface area (Å²) in [4.78, 5) is 4.67. The van der Waals surface area contributed by atoms with Crippen molar-refractivity contribution in [2.75, 3.05) is 0 Å². The molecule has 0 radical (unpaired) electrons. The average Bonchev–Trinajstić information content (AvgIpc) is 2.63. The summed E-state index contributed by atoms with van der Waals surface area (Å²) < 4.78 is 0. The third kappa shape index (κ3) is 3.36. The lowest BCUT2D eigenvalue weighted by molar-refractivity contribution is 0.902. The molecule has 3 heteroatoms. The molecule has 1 aliphatic heterocycles. The summed E-state index contributed by atoms with van der Waals surface area (Å²) in [5, 5.41) is 3.44. The van der Waals surface area contributed by atoms with E-state index in [-0.39, 0.29) is 12.4 Å². The first-order chi connectivity index (χ1) is 8.92. The molecule has 0 saturated heterocycles. The highest BCUT2D eigenvalue weighted by molar-refractivity contribution is 5.85. The van der Waals surface area contributed by atoms with Gasteiger partial charge in [0.2, 0.25) is 0 Å². The Labute approximate surface area is 120 Å². The Balaban J connectivity index is 0.00000133. The van der Waals surface area contributed by atoms with Crippen LogP contribution in [0.4, 0.5) is 0 Å². The zero-order chi connectivity index (χ0) is 12.2. The van der Waals surface area contributed by atoms with E-state index in [1.54, 1.807) is 0 Å². The van der Waals surface area contributed by atoms with Gasteiger partial charge in [-0.2, -0.15) is 0 Å². The van der Waals surface area contributed by atoms with Gasteiger partial charge < -0.3 is 5.32 Å². The summed E-state index contributed by atoms with van der Waals surface area (Å²) in [5.74, 6) is 1.08. The Hall–Kier alpha value is -1.80. The maximum Gasteiger partial charge on any atom is 0.101 e. The van der Waals surface area contributed by atoms with Crippen LogP contribution in [0.1, 0.15) is 16.7 Å². The minimum atomic E-state index is 0. The molecule has 0 bridgehead atoms. The maximum absolute atomic E-state index is 4.67. The van der Waals surface area contributed by atoms with Crippen molar-refractivity contribution < 1.29 is 0 Å². The summed E-state index contributed by atoms with van der Waals surface area (Å²) >= 11 is 0. The monoisotopic (exact) mass is 272 g/mol. The van der Waals surface area contributed by atoms with Gasteiger partial charge in [-0.05, 0) is 16.7 Å². The molecule has 1 aliphatic rings. The van der Waals surface area contributed by atoms with E-state index in [0.717, 1.165) is 25.3 Å². The molecule has 0 spiro atoms. The molecule has 0 aromatic heterocycles. The summed E-state index contributed by atoms with van der Waals surface area (Å²) in [6, 6.07) is 19.0. The molecule has 1 N–H and O–H groups in total. The number of nitrogens with one attached hydrogen (secondary N) is 1. The first-order valence-corrected chi connectivity index (χ1v) is 6.30. The second-order valence-electron chi connectivity index (χ2n) is 4.55. The highest BCUT2D eigenvalue weighted by Crippen LogP contribution is 2.13. The topological polar surface area (TPSA) is 24.4 Å². The van der Waals surface area contributed by atoms with Gasteiger partial charge in [0.25, 0.3) is 0 Å². The van der Waals surface area contributed by atoms with Crippen LogP contribution in [0.5, 0.6) is 0 Å². The predicted molar refractivity (Wildman–Crippen MR) is 81.8 cm³/mol. The van der Waals surface area contributed by atoms with Crippen LogP contribution in [0.2, 0.25) is 0 Å². The average molecular weight is 273 g/mol. The van der Waals surface area contributed by atoms with Gasteiger partial charge in [-0.1, -0.05) is 54.6 Å². The molecule has 2 nitrogen and oxygen atoms in total. The first kappa shape index (κ1) is 13.6. The van der Waals surface area contributed by atoms with E-state index in [2.05, 4.69) is 58.8 Å². The Morgan fingerprint density at radius 1 is 0.895 bits per heavy atom. The fourth-order valence-corrected chi connectivity index (χ4v) is 2.23. The van der Waals surface area contributed by atoms with Crippen LogP contribution in [0, 0.1) is 0 Å². The van der Waals surface area contributed by atoms with E-state index >= 15 is 0 Å². The van der Waals surface area contributed by atoms with Crippen molar-refractivity contribution in [3.8, 4) is 0 Å². The van der Waals surface area contributed by atoms with E-state index in [1.807, 2.05) is 6.07 Å². The lowest BCUT2D eigenvalue weighted by atomic mass is 10.1. The Morgan fingerprint density at radius 2 is 1.58 bits per heavy atom. The number of hydrogen-bond acceptors (Lipinski definition) is 2. The van der Waals surface area contributed by atoms with Crippen LogP contribution in [-0.2, 0) is 19.5 Å². The van der Waals surface area contributed by atoms with Gasteiger partial charge in [0.15, 0.2) is 0 Å². The number of rotatable bonds is 2. The molecule has 19 heavy (non-hydrogen) atoms. The first-order valence-electron chi connectivity index (χ1n) is 6.30. The van der Waals surface area contributed by atoms with Gasteiger partial charge in [-0.3, -0.25) is 4.99 Å². The van der Waals surface area contributed by atoms with Gasteiger partial charge in [0, 0.05) is 13.0 Å². The van der Waals surface area contributed by atoms with Crippen molar-refractivity contribution in [1.29, 1.82) is 0 Å². The number of benzene rings is 2. The molecule has 98 valence electrons. The van der Waals surface area contributed by atoms with E-state index in [4.69, 9.17) is 0 Å². The van der Waals surface area contributed by atoms with Crippen LogP contribution >= 0.6 is 12.4 Å². The Bertz CT molecular complexity index is 564. The second kappa shape index (κ2) is 6.39. The fourth-order valence-electron chi connectivity index (χ4n) is 2.23. The Kier molecular flexibility index (Phi) is 4.58. The normalized spacial score (nSPS) is 13.4. The smallest absolute Gasteiger partial charge is 0.101 e. The molecule has 2 aromatic carbocycles. The lowest BCUT2D eigenvalue weighted by Crippen LogP contribution is -2.23. The third-order valence-electron chi connectivity index (χ3n) is 3.26. The van der Waals surface area contributed by atoms with Crippen LogP contribution < -0.4 is 5.32 Å². The summed E-state index contributed by atoms with van der Waals surface area (Å²) in [6.45, 7) is 1.66. The van der Waals surface area contributed by atoms with Crippen molar-refractivity contribution >= 4 is 18.2 Å². The van der Waals surface area contributed by atoms with Crippen LogP contribution in [-0.4, -0.2) is 5.84 Å². The molecule has 0 amide bonds. The summed E-state index contributed by atoms with van der Waals surface area (Å²) in [7, 11) is 0. The van der Waals surface area contributed by atoms with Crippen molar-refractivity contribution in [2.45, 2.75) is 19.5 Å². The number of amidine groups is 1. The number of fused-ring (bicyclic) bond motifs is 1. The number of nitrogens with zero attached hydrogens (tertiary/aromatic N) is 1. The summed E-state index contributed by atoms with van der Waals surface area (Å²) in [5.41, 5.74) is 3.98. The zero-order valence-electron chi connectivity index (χ0n) is 10.7. The van der Waals surface area contributed by atoms with Crippen LogP contribution in [0.25, 0.3) is 0 Å². The zero-order valence-corrected chi connectivity index (χ0v) is 11.5. The minimum Gasteiger partial charge on any atom is -0.369 e. The number of aliphatic imine (C=N–C) groups is 1. The SMILES string of the molecule is Cl.c1ccc(CC2=NCc3ccccc3CN2)cc1. The molecule has 3 rings (SSSR count). The molecular formula is C16H17ClN2. The molecule has 0 unspecified atom stereocenters. The maximum atomic E-state index is 4.67. The third-order valence-corrected chi connectivity index (χ3v) is 3.26. The van der Waals surface area contributed by atoms with E-state index in [0.29, 0.717) is 0 Å². The van der Waals surface area contributed by atoms with Gasteiger partial charge in [0.1, 0.15) is 5.84 Å². The van der Waals surface area contributed by atoms with Crippen molar-refractivity contribution in [3.63, 3.8) is 0 Å². The van der Waals surface area contributed by atoms with E-state index in [1.165, 1.54) is 16.7 Å². The quantitative estimate of drug-likeness (QED) is 0.891. The largest absolute Gasteiger partial charge is 0.369 e. The molecule has 2 aromatic rings. The lowest BCUT2D eigenvalue weighted by Gasteiger charge is -2.07. The van der Waals surface area contributed by atoms with Crippen molar-refractivity contribution in [2.24, 2.45) is 4.99 Å². The number of hydrogen-bond donors (Lipinski definition) is 1. The highest BCUT2D eigenvalue weighted by atomic mass is 35.5. The minimum absolute atomic E-state index is 0. The Morgan fingerprint density at radius 3 is 2.37 bits per heavy atom. The predicted octanol–water partition coefficient (Wildman–Crippen LogP) is 3.35. The van der Waals surface area contributed by atoms with Gasteiger partial charge in [-0.25, -0.2) is 0 Å². The molecule has 0 fully saturated rings.